The van der Waals surface area contributed by atoms with Crippen molar-refractivity contribution in [1.29, 1.82) is 0 Å². The minimum atomic E-state index is -0.852. The van der Waals surface area contributed by atoms with E-state index in [2.05, 4.69) is 5.32 Å². The van der Waals surface area contributed by atoms with Crippen LogP contribution in [0.3, 0.4) is 0 Å². The van der Waals surface area contributed by atoms with Gasteiger partial charge in [-0.25, -0.2) is 9.18 Å². The molecule has 0 saturated heterocycles. The summed E-state index contributed by atoms with van der Waals surface area (Å²) in [7, 11) is 0. The van der Waals surface area contributed by atoms with Crippen LogP contribution in [0.1, 0.15) is 28.8 Å². The Morgan fingerprint density at radius 1 is 1.09 bits per heavy atom. The molecule has 2 aromatic carbocycles. The third kappa shape index (κ3) is 4.92. The van der Waals surface area contributed by atoms with Gasteiger partial charge in [0.05, 0.1) is 5.56 Å². The van der Waals surface area contributed by atoms with Crippen molar-refractivity contribution >= 4 is 11.9 Å². The summed E-state index contributed by atoms with van der Waals surface area (Å²) in [6.07, 6.45) is 0. The van der Waals surface area contributed by atoms with Gasteiger partial charge in [-0.05, 0) is 23.6 Å². The largest absolute Gasteiger partial charge is 0.452 e. The first kappa shape index (κ1) is 16.7. The molecule has 0 radical (unpaired) electrons. The lowest BCUT2D eigenvalue weighted by atomic mass is 10.0. The van der Waals surface area contributed by atoms with Crippen molar-refractivity contribution in [3.8, 4) is 0 Å². The Morgan fingerprint density at radius 3 is 2.43 bits per heavy atom. The maximum absolute atomic E-state index is 13.4. The summed E-state index contributed by atoms with van der Waals surface area (Å²) in [6.45, 7) is 1.98. The molecule has 0 aliphatic carbocycles. The van der Waals surface area contributed by atoms with Crippen molar-refractivity contribution in [2.24, 2.45) is 0 Å². The van der Waals surface area contributed by atoms with Crippen molar-refractivity contribution in [2.75, 3.05) is 13.2 Å². The average molecular weight is 315 g/mol. The zero-order chi connectivity index (χ0) is 16.7. The van der Waals surface area contributed by atoms with Crippen LogP contribution in [0.5, 0.6) is 0 Å². The van der Waals surface area contributed by atoms with Gasteiger partial charge in [-0.1, -0.05) is 49.4 Å². The number of benzene rings is 2. The Morgan fingerprint density at radius 2 is 1.74 bits per heavy atom. The molecule has 4 nitrogen and oxygen atoms in total. The fraction of sp³-hybridized carbons (Fsp3) is 0.222. The molecule has 0 fully saturated rings. The van der Waals surface area contributed by atoms with Gasteiger partial charge in [0.25, 0.3) is 5.91 Å². The molecule has 0 bridgehead atoms. The molecule has 0 saturated carbocycles. The van der Waals surface area contributed by atoms with Crippen molar-refractivity contribution in [3.63, 3.8) is 0 Å². The molecule has 2 aromatic rings. The van der Waals surface area contributed by atoms with E-state index in [9.17, 15) is 14.0 Å². The molecule has 0 aliphatic heterocycles. The first-order valence-electron chi connectivity index (χ1n) is 7.31. The topological polar surface area (TPSA) is 55.4 Å². The lowest BCUT2D eigenvalue weighted by molar-refractivity contribution is -0.124. The number of carbonyl (C=O) groups excluding carboxylic acids is 2. The Bertz CT molecular complexity index is 673. The predicted octanol–water partition coefficient (Wildman–Crippen LogP) is 2.90. The van der Waals surface area contributed by atoms with Crippen molar-refractivity contribution in [1.82, 2.24) is 5.32 Å². The minimum Gasteiger partial charge on any atom is -0.452 e. The molecule has 5 heteroatoms. The number of nitrogens with one attached hydrogen (secondary N) is 1. The Hall–Kier alpha value is -2.69. The molecule has 1 amide bonds. The van der Waals surface area contributed by atoms with Gasteiger partial charge in [0.15, 0.2) is 6.61 Å². The van der Waals surface area contributed by atoms with Gasteiger partial charge < -0.3 is 10.1 Å². The normalized spacial score (nSPS) is 11.6. The highest BCUT2D eigenvalue weighted by molar-refractivity contribution is 5.91. The molecule has 1 N–H and O–H groups in total. The number of halogens is 1. The Labute approximate surface area is 134 Å². The summed E-state index contributed by atoms with van der Waals surface area (Å²) in [5.74, 6) is -1.80. The number of ether oxygens (including phenoxy) is 1. The lowest BCUT2D eigenvalue weighted by Crippen LogP contribution is -2.31. The van der Waals surface area contributed by atoms with Crippen LogP contribution in [0.2, 0.25) is 0 Å². The maximum atomic E-state index is 13.4. The van der Waals surface area contributed by atoms with Crippen LogP contribution in [0, 0.1) is 5.82 Å². The van der Waals surface area contributed by atoms with Crippen LogP contribution in [-0.4, -0.2) is 25.0 Å². The van der Waals surface area contributed by atoms with E-state index in [1.807, 2.05) is 37.3 Å². The lowest BCUT2D eigenvalue weighted by Gasteiger charge is -2.13. The van der Waals surface area contributed by atoms with E-state index in [1.54, 1.807) is 0 Å². The molecule has 23 heavy (non-hydrogen) atoms. The zero-order valence-corrected chi connectivity index (χ0v) is 12.8. The van der Waals surface area contributed by atoms with Gasteiger partial charge in [-0.15, -0.1) is 0 Å². The smallest absolute Gasteiger partial charge is 0.341 e. The van der Waals surface area contributed by atoms with Gasteiger partial charge in [0, 0.05) is 6.54 Å². The van der Waals surface area contributed by atoms with E-state index in [1.165, 1.54) is 18.2 Å². The molecule has 2 rings (SSSR count). The summed E-state index contributed by atoms with van der Waals surface area (Å²) in [6, 6.07) is 15.2. The van der Waals surface area contributed by atoms with Gasteiger partial charge in [0.2, 0.25) is 0 Å². The highest BCUT2D eigenvalue weighted by atomic mass is 19.1. The van der Waals surface area contributed by atoms with Crippen LogP contribution in [0.25, 0.3) is 0 Å². The fourth-order valence-corrected chi connectivity index (χ4v) is 2.05. The maximum Gasteiger partial charge on any atom is 0.341 e. The van der Waals surface area contributed by atoms with Gasteiger partial charge in [-0.2, -0.15) is 0 Å². The van der Waals surface area contributed by atoms with Gasteiger partial charge >= 0.3 is 5.97 Å². The van der Waals surface area contributed by atoms with E-state index in [0.717, 1.165) is 11.6 Å². The van der Waals surface area contributed by atoms with E-state index in [-0.39, 0.29) is 11.5 Å². The molecule has 0 spiro atoms. The molecular weight excluding hydrogens is 297 g/mol. The fourth-order valence-electron chi connectivity index (χ4n) is 2.05. The molecular formula is C18H18FNO3. The van der Waals surface area contributed by atoms with Crippen LogP contribution >= 0.6 is 0 Å². The van der Waals surface area contributed by atoms with Crippen molar-refractivity contribution in [2.45, 2.75) is 12.8 Å². The summed E-state index contributed by atoms with van der Waals surface area (Å²) in [5.41, 5.74) is 0.925. The SMILES string of the molecule is C[C@H](CNC(=O)COC(=O)c1ccccc1F)c1ccccc1. The van der Waals surface area contributed by atoms with Crippen LogP contribution in [0.4, 0.5) is 4.39 Å². The standard InChI is InChI=1S/C18H18FNO3/c1-13(14-7-3-2-4-8-14)11-20-17(21)12-23-18(22)15-9-5-6-10-16(15)19/h2-10,13H,11-12H2,1H3,(H,20,21)/t13-/m1/s1. The third-order valence-corrected chi connectivity index (χ3v) is 3.40. The second kappa shape index (κ2) is 8.08. The number of hydrogen-bond acceptors (Lipinski definition) is 3. The molecule has 0 heterocycles. The highest BCUT2D eigenvalue weighted by Gasteiger charge is 2.14. The quantitative estimate of drug-likeness (QED) is 0.834. The number of esters is 1. The summed E-state index contributed by atoms with van der Waals surface area (Å²) in [4.78, 5) is 23.4. The first-order valence-corrected chi connectivity index (χ1v) is 7.31. The average Bonchev–Trinajstić information content (AvgIpc) is 2.58. The highest BCUT2D eigenvalue weighted by Crippen LogP contribution is 2.13. The second-order valence-corrected chi connectivity index (χ2v) is 5.17. The number of carbonyl (C=O) groups is 2. The van der Waals surface area contributed by atoms with E-state index < -0.39 is 24.3 Å². The Balaban J connectivity index is 1.77. The van der Waals surface area contributed by atoms with E-state index in [4.69, 9.17) is 4.74 Å². The molecule has 1 atom stereocenters. The van der Waals surface area contributed by atoms with Crippen LogP contribution in [0.15, 0.2) is 54.6 Å². The van der Waals surface area contributed by atoms with Crippen molar-refractivity contribution in [3.05, 3.63) is 71.5 Å². The molecule has 120 valence electrons. The second-order valence-electron chi connectivity index (χ2n) is 5.17. The molecule has 0 aromatic heterocycles. The summed E-state index contributed by atoms with van der Waals surface area (Å²) < 4.78 is 18.2. The number of amides is 1. The predicted molar refractivity (Wildman–Crippen MR) is 84.5 cm³/mol. The van der Waals surface area contributed by atoms with E-state index in [0.29, 0.717) is 6.54 Å². The Kier molecular flexibility index (Phi) is 5.86. The number of rotatable bonds is 6. The van der Waals surface area contributed by atoms with Gasteiger partial charge in [0.1, 0.15) is 5.82 Å². The van der Waals surface area contributed by atoms with Crippen LogP contribution in [-0.2, 0) is 9.53 Å². The minimum absolute atomic E-state index is 0.141. The van der Waals surface area contributed by atoms with Gasteiger partial charge in [-0.3, -0.25) is 4.79 Å². The molecule has 0 aliphatic rings. The van der Waals surface area contributed by atoms with Crippen LogP contribution < -0.4 is 5.32 Å². The summed E-state index contributed by atoms with van der Waals surface area (Å²) >= 11 is 0. The third-order valence-electron chi connectivity index (χ3n) is 3.40. The van der Waals surface area contributed by atoms with Crippen molar-refractivity contribution < 1.29 is 18.7 Å². The molecule has 0 unspecified atom stereocenters. The summed E-state index contributed by atoms with van der Waals surface area (Å²) in [5, 5.41) is 2.69. The zero-order valence-electron chi connectivity index (χ0n) is 12.8. The first-order chi connectivity index (χ1) is 11.1. The van der Waals surface area contributed by atoms with E-state index >= 15 is 0 Å². The number of hydrogen-bond donors (Lipinski definition) is 1. The monoisotopic (exact) mass is 315 g/mol.